The SMILES string of the molecule is CC(OC(N)=O)c1ccccc1-c1ccc(O)cc1O. The van der Waals surface area contributed by atoms with Gasteiger partial charge in [0.15, 0.2) is 0 Å². The molecule has 0 fully saturated rings. The van der Waals surface area contributed by atoms with Crippen molar-refractivity contribution in [3.8, 4) is 22.6 Å². The van der Waals surface area contributed by atoms with E-state index in [1.54, 1.807) is 31.2 Å². The van der Waals surface area contributed by atoms with Gasteiger partial charge in [-0.05, 0) is 24.6 Å². The van der Waals surface area contributed by atoms with Crippen LogP contribution in [0.3, 0.4) is 0 Å². The zero-order chi connectivity index (χ0) is 14.7. The largest absolute Gasteiger partial charge is 0.508 e. The molecule has 2 aromatic carbocycles. The number of rotatable bonds is 3. The van der Waals surface area contributed by atoms with E-state index in [1.807, 2.05) is 6.07 Å². The Balaban J connectivity index is 2.49. The first kappa shape index (κ1) is 13.7. The molecule has 0 saturated heterocycles. The van der Waals surface area contributed by atoms with Gasteiger partial charge in [-0.15, -0.1) is 0 Å². The number of primary amides is 1. The smallest absolute Gasteiger partial charge is 0.405 e. The van der Waals surface area contributed by atoms with E-state index in [1.165, 1.54) is 12.1 Å². The maximum Gasteiger partial charge on any atom is 0.405 e. The molecule has 20 heavy (non-hydrogen) atoms. The lowest BCUT2D eigenvalue weighted by atomic mass is 9.96. The van der Waals surface area contributed by atoms with E-state index >= 15 is 0 Å². The van der Waals surface area contributed by atoms with Gasteiger partial charge in [0, 0.05) is 17.2 Å². The second-order valence-corrected chi connectivity index (χ2v) is 4.37. The third-order valence-corrected chi connectivity index (χ3v) is 2.96. The minimum atomic E-state index is -0.859. The zero-order valence-corrected chi connectivity index (χ0v) is 10.9. The van der Waals surface area contributed by atoms with Gasteiger partial charge in [-0.1, -0.05) is 24.3 Å². The number of amides is 1. The number of hydrogen-bond acceptors (Lipinski definition) is 4. The van der Waals surface area contributed by atoms with Crippen LogP contribution in [0.2, 0.25) is 0 Å². The molecule has 5 heteroatoms. The predicted octanol–water partition coefficient (Wildman–Crippen LogP) is 2.92. The molecular formula is C15H15NO4. The average molecular weight is 273 g/mol. The number of phenols is 2. The van der Waals surface area contributed by atoms with E-state index in [9.17, 15) is 15.0 Å². The van der Waals surface area contributed by atoms with E-state index in [4.69, 9.17) is 10.5 Å². The number of benzene rings is 2. The average Bonchev–Trinajstić information content (AvgIpc) is 2.38. The van der Waals surface area contributed by atoms with Crippen molar-refractivity contribution in [2.45, 2.75) is 13.0 Å². The fraction of sp³-hybridized carbons (Fsp3) is 0.133. The molecule has 0 aliphatic carbocycles. The van der Waals surface area contributed by atoms with Crippen LogP contribution in [-0.4, -0.2) is 16.3 Å². The number of carbonyl (C=O) groups is 1. The molecule has 0 aliphatic heterocycles. The van der Waals surface area contributed by atoms with Crippen molar-refractivity contribution in [2.24, 2.45) is 5.73 Å². The molecule has 2 aromatic rings. The fourth-order valence-electron chi connectivity index (χ4n) is 2.08. The fourth-order valence-corrected chi connectivity index (χ4v) is 2.08. The van der Waals surface area contributed by atoms with Crippen molar-refractivity contribution in [2.75, 3.05) is 0 Å². The summed E-state index contributed by atoms with van der Waals surface area (Å²) in [5.41, 5.74) is 6.99. The highest BCUT2D eigenvalue weighted by Crippen LogP contribution is 2.36. The number of hydrogen-bond donors (Lipinski definition) is 3. The lowest BCUT2D eigenvalue weighted by Crippen LogP contribution is -2.16. The number of nitrogens with two attached hydrogens (primary N) is 1. The van der Waals surface area contributed by atoms with Crippen LogP contribution in [0.4, 0.5) is 4.79 Å². The Kier molecular flexibility index (Phi) is 3.79. The van der Waals surface area contributed by atoms with Gasteiger partial charge < -0.3 is 20.7 Å². The number of aromatic hydroxyl groups is 2. The Morgan fingerprint density at radius 2 is 1.85 bits per heavy atom. The molecule has 0 radical (unpaired) electrons. The van der Waals surface area contributed by atoms with Crippen molar-refractivity contribution in [3.63, 3.8) is 0 Å². The Labute approximate surface area is 116 Å². The number of phenolic OH excluding ortho intramolecular Hbond substituents is 2. The predicted molar refractivity (Wildman–Crippen MR) is 74.3 cm³/mol. The molecule has 0 aliphatic rings. The monoisotopic (exact) mass is 273 g/mol. The van der Waals surface area contributed by atoms with Gasteiger partial charge in [-0.2, -0.15) is 0 Å². The minimum Gasteiger partial charge on any atom is -0.508 e. The normalized spacial score (nSPS) is 11.8. The molecule has 2 rings (SSSR count). The molecule has 0 saturated carbocycles. The summed E-state index contributed by atoms with van der Waals surface area (Å²) >= 11 is 0. The maximum atomic E-state index is 10.9. The lowest BCUT2D eigenvalue weighted by molar-refractivity contribution is 0.117. The lowest BCUT2D eigenvalue weighted by Gasteiger charge is -2.17. The quantitative estimate of drug-likeness (QED) is 0.801. The van der Waals surface area contributed by atoms with Gasteiger partial charge in [0.2, 0.25) is 0 Å². The highest BCUT2D eigenvalue weighted by molar-refractivity contribution is 5.74. The summed E-state index contributed by atoms with van der Waals surface area (Å²) in [5, 5.41) is 19.3. The van der Waals surface area contributed by atoms with Crippen LogP contribution in [0.5, 0.6) is 11.5 Å². The van der Waals surface area contributed by atoms with Crippen LogP contribution in [-0.2, 0) is 4.74 Å². The van der Waals surface area contributed by atoms with Gasteiger partial charge in [0.25, 0.3) is 0 Å². The molecule has 104 valence electrons. The Morgan fingerprint density at radius 1 is 1.15 bits per heavy atom. The highest BCUT2D eigenvalue weighted by Gasteiger charge is 2.16. The molecule has 0 spiro atoms. The van der Waals surface area contributed by atoms with Crippen molar-refractivity contribution >= 4 is 6.09 Å². The maximum absolute atomic E-state index is 10.9. The van der Waals surface area contributed by atoms with Crippen LogP contribution < -0.4 is 5.73 Å². The van der Waals surface area contributed by atoms with E-state index in [0.29, 0.717) is 16.7 Å². The van der Waals surface area contributed by atoms with Crippen LogP contribution in [0.1, 0.15) is 18.6 Å². The number of carbonyl (C=O) groups excluding carboxylic acids is 1. The molecule has 1 amide bonds. The molecule has 0 aromatic heterocycles. The van der Waals surface area contributed by atoms with Crippen molar-refractivity contribution in [3.05, 3.63) is 48.0 Å². The van der Waals surface area contributed by atoms with Crippen LogP contribution in [0.15, 0.2) is 42.5 Å². The van der Waals surface area contributed by atoms with Crippen molar-refractivity contribution in [1.29, 1.82) is 0 Å². The molecule has 1 unspecified atom stereocenters. The van der Waals surface area contributed by atoms with Crippen LogP contribution in [0.25, 0.3) is 11.1 Å². The third kappa shape index (κ3) is 2.83. The number of ether oxygens (including phenoxy) is 1. The van der Waals surface area contributed by atoms with E-state index in [0.717, 1.165) is 0 Å². The third-order valence-electron chi connectivity index (χ3n) is 2.96. The molecule has 0 heterocycles. The first-order valence-electron chi connectivity index (χ1n) is 6.06. The highest BCUT2D eigenvalue weighted by atomic mass is 16.6. The Bertz CT molecular complexity index is 640. The van der Waals surface area contributed by atoms with Crippen molar-refractivity contribution in [1.82, 2.24) is 0 Å². The summed E-state index contributed by atoms with van der Waals surface area (Å²) in [4.78, 5) is 10.9. The topological polar surface area (TPSA) is 92.8 Å². The summed E-state index contributed by atoms with van der Waals surface area (Å²) in [6, 6.07) is 11.5. The molecule has 1 atom stereocenters. The summed E-state index contributed by atoms with van der Waals surface area (Å²) in [5.74, 6) is -0.0751. The Hall–Kier alpha value is -2.69. The van der Waals surface area contributed by atoms with Gasteiger partial charge in [0.05, 0.1) is 0 Å². The Morgan fingerprint density at radius 3 is 2.50 bits per heavy atom. The standard InChI is InChI=1S/C15H15NO4/c1-9(20-15(16)19)11-4-2-3-5-12(11)13-7-6-10(17)8-14(13)18/h2-9,17-18H,1H3,(H2,16,19). The minimum absolute atomic E-state index is 0.0230. The van der Waals surface area contributed by atoms with E-state index < -0.39 is 12.2 Å². The molecular weight excluding hydrogens is 258 g/mol. The summed E-state index contributed by atoms with van der Waals surface area (Å²) in [6.45, 7) is 1.70. The second-order valence-electron chi connectivity index (χ2n) is 4.37. The van der Waals surface area contributed by atoms with Crippen LogP contribution in [0, 0.1) is 0 Å². The molecule has 5 nitrogen and oxygen atoms in total. The molecule has 0 bridgehead atoms. The summed E-state index contributed by atoms with van der Waals surface area (Å²) in [7, 11) is 0. The van der Waals surface area contributed by atoms with Crippen molar-refractivity contribution < 1.29 is 19.7 Å². The van der Waals surface area contributed by atoms with E-state index in [-0.39, 0.29) is 11.5 Å². The molecule has 4 N–H and O–H groups in total. The van der Waals surface area contributed by atoms with Gasteiger partial charge in [-0.25, -0.2) is 4.79 Å². The zero-order valence-electron chi connectivity index (χ0n) is 10.9. The summed E-state index contributed by atoms with van der Waals surface area (Å²) < 4.78 is 4.97. The van der Waals surface area contributed by atoms with Gasteiger partial charge in [-0.3, -0.25) is 0 Å². The second kappa shape index (κ2) is 5.52. The van der Waals surface area contributed by atoms with Gasteiger partial charge in [0.1, 0.15) is 17.6 Å². The van der Waals surface area contributed by atoms with E-state index in [2.05, 4.69) is 0 Å². The summed E-state index contributed by atoms with van der Waals surface area (Å²) in [6.07, 6.45) is -1.40. The van der Waals surface area contributed by atoms with Crippen LogP contribution >= 0.6 is 0 Å². The first-order valence-corrected chi connectivity index (χ1v) is 6.06. The first-order chi connectivity index (χ1) is 9.49. The van der Waals surface area contributed by atoms with Gasteiger partial charge >= 0.3 is 6.09 Å².